The van der Waals surface area contributed by atoms with Gasteiger partial charge in [-0.3, -0.25) is 19.0 Å². The average Bonchev–Trinajstić information content (AvgIpc) is 2.85. The van der Waals surface area contributed by atoms with Crippen molar-refractivity contribution in [3.63, 3.8) is 0 Å². The Balaban J connectivity index is 1.58. The van der Waals surface area contributed by atoms with Crippen LogP contribution in [0.15, 0.2) is 58.5 Å². The van der Waals surface area contributed by atoms with Crippen molar-refractivity contribution in [2.75, 3.05) is 19.7 Å². The molecule has 0 spiro atoms. The molecule has 0 bridgehead atoms. The molecule has 4 rings (SSSR count). The van der Waals surface area contributed by atoms with E-state index in [2.05, 4.69) is 0 Å². The van der Waals surface area contributed by atoms with E-state index >= 15 is 0 Å². The van der Waals surface area contributed by atoms with Crippen molar-refractivity contribution in [3.8, 4) is 5.69 Å². The lowest BCUT2D eigenvalue weighted by atomic mass is 9.97. The van der Waals surface area contributed by atoms with Crippen LogP contribution < -0.4 is 5.56 Å². The van der Waals surface area contributed by atoms with Gasteiger partial charge in [-0.2, -0.15) is 0 Å². The molecular formula is C26H29N3O4S. The summed E-state index contributed by atoms with van der Waals surface area (Å²) < 4.78 is 6.71. The van der Waals surface area contributed by atoms with Gasteiger partial charge < -0.3 is 9.64 Å². The van der Waals surface area contributed by atoms with Crippen LogP contribution in [0, 0.1) is 12.8 Å². The molecular weight excluding hydrogens is 450 g/mol. The number of thioether (sulfide) groups is 1. The molecule has 1 aliphatic rings. The van der Waals surface area contributed by atoms with Gasteiger partial charge in [0.05, 0.1) is 34.4 Å². The van der Waals surface area contributed by atoms with E-state index in [9.17, 15) is 14.4 Å². The van der Waals surface area contributed by atoms with Gasteiger partial charge in [0.1, 0.15) is 0 Å². The smallest absolute Gasteiger partial charge is 0.309 e. The van der Waals surface area contributed by atoms with Crippen LogP contribution in [0.1, 0.15) is 32.3 Å². The summed E-state index contributed by atoms with van der Waals surface area (Å²) in [5.41, 5.74) is 2.25. The molecule has 8 heteroatoms. The minimum atomic E-state index is -0.441. The number of hydrogen-bond donors (Lipinski definition) is 0. The summed E-state index contributed by atoms with van der Waals surface area (Å²) in [6.07, 6.45) is 1.20. The SMILES string of the molecule is CCOC(=O)C1CCN(C(=O)C(C)Sc2nc3ccccc3c(=O)n2-c2ccc(C)cc2)CC1. The molecule has 0 saturated carbocycles. The number of piperidine rings is 1. The van der Waals surface area contributed by atoms with Crippen molar-refractivity contribution in [3.05, 3.63) is 64.4 Å². The van der Waals surface area contributed by atoms with Gasteiger partial charge in [0.25, 0.3) is 5.56 Å². The first-order chi connectivity index (χ1) is 16.4. The van der Waals surface area contributed by atoms with Gasteiger partial charge in [-0.25, -0.2) is 4.98 Å². The maximum atomic E-state index is 13.4. The fraction of sp³-hybridized carbons (Fsp3) is 0.385. The molecule has 178 valence electrons. The summed E-state index contributed by atoms with van der Waals surface area (Å²) in [5, 5.41) is 0.575. The van der Waals surface area contributed by atoms with Crippen molar-refractivity contribution in [1.82, 2.24) is 14.5 Å². The van der Waals surface area contributed by atoms with E-state index in [1.54, 1.807) is 22.5 Å². The number of carbonyl (C=O) groups excluding carboxylic acids is 2. The van der Waals surface area contributed by atoms with Crippen LogP contribution in [0.5, 0.6) is 0 Å². The summed E-state index contributed by atoms with van der Waals surface area (Å²) in [6, 6.07) is 14.9. The predicted molar refractivity (Wildman–Crippen MR) is 133 cm³/mol. The number of fused-ring (bicyclic) bond motifs is 1. The Hall–Kier alpha value is -3.13. The largest absolute Gasteiger partial charge is 0.466 e. The first kappa shape index (κ1) is 24.0. The Morgan fingerprint density at radius 1 is 1.12 bits per heavy atom. The second kappa shape index (κ2) is 10.4. The zero-order valence-electron chi connectivity index (χ0n) is 19.7. The molecule has 0 radical (unpaired) electrons. The van der Waals surface area contributed by atoms with E-state index in [-0.39, 0.29) is 23.4 Å². The Bertz CT molecular complexity index is 1250. The van der Waals surface area contributed by atoms with Crippen molar-refractivity contribution < 1.29 is 14.3 Å². The molecule has 2 heterocycles. The highest BCUT2D eigenvalue weighted by Gasteiger charge is 2.31. The summed E-state index contributed by atoms with van der Waals surface area (Å²) in [4.78, 5) is 45.2. The zero-order valence-corrected chi connectivity index (χ0v) is 20.5. The number of ether oxygens (including phenoxy) is 1. The minimum absolute atomic E-state index is 0.0230. The topological polar surface area (TPSA) is 81.5 Å². The number of carbonyl (C=O) groups is 2. The number of rotatable bonds is 6. The second-order valence-corrected chi connectivity index (χ2v) is 9.81. The van der Waals surface area contributed by atoms with Crippen molar-refractivity contribution in [2.24, 2.45) is 5.92 Å². The minimum Gasteiger partial charge on any atom is -0.466 e. The van der Waals surface area contributed by atoms with E-state index in [1.807, 2.05) is 56.3 Å². The van der Waals surface area contributed by atoms with Crippen LogP contribution in [-0.4, -0.2) is 51.3 Å². The van der Waals surface area contributed by atoms with Gasteiger partial charge >= 0.3 is 5.97 Å². The van der Waals surface area contributed by atoms with Crippen LogP contribution in [0.4, 0.5) is 0 Å². The van der Waals surface area contributed by atoms with Crippen LogP contribution in [0.3, 0.4) is 0 Å². The number of nitrogens with zero attached hydrogens (tertiary/aromatic N) is 3. The molecule has 34 heavy (non-hydrogen) atoms. The summed E-state index contributed by atoms with van der Waals surface area (Å²) in [6.45, 7) is 7.03. The van der Waals surface area contributed by atoms with Gasteiger partial charge in [-0.1, -0.05) is 41.6 Å². The van der Waals surface area contributed by atoms with Gasteiger partial charge in [0.15, 0.2) is 5.16 Å². The number of hydrogen-bond acceptors (Lipinski definition) is 6. The highest BCUT2D eigenvalue weighted by Crippen LogP contribution is 2.28. The van der Waals surface area contributed by atoms with E-state index in [0.29, 0.717) is 54.3 Å². The van der Waals surface area contributed by atoms with Crippen molar-refractivity contribution in [2.45, 2.75) is 44.0 Å². The highest BCUT2D eigenvalue weighted by atomic mass is 32.2. The Kier molecular flexibility index (Phi) is 7.36. The molecule has 0 N–H and O–H groups in total. The first-order valence-corrected chi connectivity index (χ1v) is 12.5. The fourth-order valence-corrected chi connectivity index (χ4v) is 5.19. The van der Waals surface area contributed by atoms with Crippen LogP contribution >= 0.6 is 11.8 Å². The average molecular weight is 480 g/mol. The van der Waals surface area contributed by atoms with Crippen molar-refractivity contribution >= 4 is 34.5 Å². The maximum absolute atomic E-state index is 13.4. The third kappa shape index (κ3) is 5.01. The van der Waals surface area contributed by atoms with Gasteiger partial charge in [-0.05, 0) is 57.9 Å². The lowest BCUT2D eigenvalue weighted by Crippen LogP contribution is -2.43. The molecule has 3 aromatic rings. The van der Waals surface area contributed by atoms with Crippen LogP contribution in [0.25, 0.3) is 16.6 Å². The number of likely N-dealkylation sites (tertiary alicyclic amines) is 1. The van der Waals surface area contributed by atoms with Gasteiger partial charge in [0, 0.05) is 13.1 Å². The maximum Gasteiger partial charge on any atom is 0.309 e. The highest BCUT2D eigenvalue weighted by molar-refractivity contribution is 8.00. The molecule has 1 saturated heterocycles. The van der Waals surface area contributed by atoms with Crippen LogP contribution in [0.2, 0.25) is 0 Å². The number of esters is 1. The first-order valence-electron chi connectivity index (χ1n) is 11.6. The number of aryl methyl sites for hydroxylation is 1. The fourth-order valence-electron chi connectivity index (χ4n) is 4.17. The normalized spacial score (nSPS) is 15.3. The molecule has 1 amide bonds. The van der Waals surface area contributed by atoms with Gasteiger partial charge in [-0.15, -0.1) is 0 Å². The predicted octanol–water partition coefficient (Wildman–Crippen LogP) is 3.98. The second-order valence-electron chi connectivity index (χ2n) is 8.50. The summed E-state index contributed by atoms with van der Waals surface area (Å²) in [5.74, 6) is -0.356. The molecule has 1 aromatic heterocycles. The number of benzene rings is 2. The molecule has 1 aliphatic heterocycles. The van der Waals surface area contributed by atoms with E-state index < -0.39 is 5.25 Å². The lowest BCUT2D eigenvalue weighted by molar-refractivity contribution is -0.151. The molecule has 0 aliphatic carbocycles. The number of amides is 1. The number of para-hydroxylation sites is 1. The van der Waals surface area contributed by atoms with Gasteiger partial charge in [0.2, 0.25) is 5.91 Å². The van der Waals surface area contributed by atoms with Crippen LogP contribution in [-0.2, 0) is 14.3 Å². The molecule has 1 atom stereocenters. The molecule has 1 fully saturated rings. The Morgan fingerprint density at radius 3 is 2.47 bits per heavy atom. The van der Waals surface area contributed by atoms with Crippen molar-refractivity contribution in [1.29, 1.82) is 0 Å². The van der Waals surface area contributed by atoms with E-state index in [1.165, 1.54) is 11.8 Å². The third-order valence-electron chi connectivity index (χ3n) is 6.09. The Labute approximate surface area is 203 Å². The standard InChI is InChI=1S/C26H29N3O4S/c1-4-33-25(32)19-13-15-28(16-14-19)23(30)18(3)34-26-27-22-8-6-5-7-21(22)24(31)29(26)20-11-9-17(2)10-12-20/h5-12,18-19H,4,13-16H2,1-3H3. The zero-order chi connectivity index (χ0) is 24.2. The van der Waals surface area contributed by atoms with E-state index in [0.717, 1.165) is 5.56 Å². The number of aromatic nitrogens is 2. The Morgan fingerprint density at radius 2 is 1.79 bits per heavy atom. The summed E-state index contributed by atoms with van der Waals surface area (Å²) >= 11 is 1.28. The monoisotopic (exact) mass is 479 g/mol. The molecule has 2 aromatic carbocycles. The third-order valence-corrected chi connectivity index (χ3v) is 7.13. The van der Waals surface area contributed by atoms with E-state index in [4.69, 9.17) is 9.72 Å². The molecule has 7 nitrogen and oxygen atoms in total. The summed E-state index contributed by atoms with van der Waals surface area (Å²) in [7, 11) is 0. The quantitative estimate of drug-likeness (QED) is 0.302. The molecule has 1 unspecified atom stereocenters. The lowest BCUT2D eigenvalue weighted by Gasteiger charge is -2.32.